The Kier molecular flexibility index (Phi) is 4.98. The molecule has 0 bridgehead atoms. The number of methoxy groups -OCH3 is 1. The molecular formula is C13H20BrNO2. The summed E-state index contributed by atoms with van der Waals surface area (Å²) in [6.07, 6.45) is -0.499. The van der Waals surface area contributed by atoms with Crippen molar-refractivity contribution in [1.29, 1.82) is 0 Å². The van der Waals surface area contributed by atoms with Gasteiger partial charge >= 0.3 is 0 Å². The first-order valence-corrected chi connectivity index (χ1v) is 6.40. The van der Waals surface area contributed by atoms with E-state index in [1.165, 1.54) is 0 Å². The summed E-state index contributed by atoms with van der Waals surface area (Å²) in [5.41, 5.74) is 4.16. The van der Waals surface area contributed by atoms with Crippen molar-refractivity contribution in [2.24, 2.45) is 0 Å². The Morgan fingerprint density at radius 1 is 1.24 bits per heavy atom. The lowest BCUT2D eigenvalue weighted by Gasteiger charge is -2.22. The van der Waals surface area contributed by atoms with Crippen LogP contribution in [0.4, 0.5) is 0 Å². The zero-order chi connectivity index (χ0) is 13.2. The SMILES string of the molecule is CNCC(O)c1c(C)c(C)c(OC)c(Br)c1C. The molecule has 0 aliphatic carbocycles. The third-order valence-electron chi connectivity index (χ3n) is 3.17. The molecule has 0 aromatic heterocycles. The fraction of sp³-hybridized carbons (Fsp3) is 0.538. The van der Waals surface area contributed by atoms with Crippen molar-refractivity contribution in [3.8, 4) is 5.75 Å². The number of benzene rings is 1. The summed E-state index contributed by atoms with van der Waals surface area (Å²) < 4.78 is 6.31. The summed E-state index contributed by atoms with van der Waals surface area (Å²) in [4.78, 5) is 0. The highest BCUT2D eigenvalue weighted by Gasteiger charge is 2.20. The van der Waals surface area contributed by atoms with E-state index in [4.69, 9.17) is 4.74 Å². The van der Waals surface area contributed by atoms with Crippen molar-refractivity contribution in [2.45, 2.75) is 26.9 Å². The van der Waals surface area contributed by atoms with Gasteiger partial charge in [0, 0.05) is 6.54 Å². The lowest BCUT2D eigenvalue weighted by Crippen LogP contribution is -2.19. The van der Waals surface area contributed by atoms with E-state index in [-0.39, 0.29) is 0 Å². The molecule has 1 aromatic carbocycles. The van der Waals surface area contributed by atoms with Crippen LogP contribution in [-0.4, -0.2) is 25.8 Å². The Morgan fingerprint density at radius 3 is 2.29 bits per heavy atom. The van der Waals surface area contributed by atoms with Crippen LogP contribution in [0.5, 0.6) is 5.75 Å². The van der Waals surface area contributed by atoms with E-state index in [1.807, 2.05) is 27.8 Å². The maximum atomic E-state index is 10.2. The first-order valence-electron chi connectivity index (χ1n) is 5.61. The fourth-order valence-corrected chi connectivity index (χ4v) is 2.82. The van der Waals surface area contributed by atoms with Gasteiger partial charge in [-0.25, -0.2) is 0 Å². The smallest absolute Gasteiger partial charge is 0.136 e. The summed E-state index contributed by atoms with van der Waals surface area (Å²) in [6, 6.07) is 0. The van der Waals surface area contributed by atoms with Gasteiger partial charge in [-0.2, -0.15) is 0 Å². The van der Waals surface area contributed by atoms with Crippen LogP contribution in [0.15, 0.2) is 4.47 Å². The topological polar surface area (TPSA) is 41.5 Å². The molecule has 17 heavy (non-hydrogen) atoms. The number of halogens is 1. The number of ether oxygens (including phenoxy) is 1. The Balaban J connectivity index is 3.42. The summed E-state index contributed by atoms with van der Waals surface area (Å²) in [7, 11) is 3.50. The van der Waals surface area contributed by atoms with E-state index >= 15 is 0 Å². The molecule has 0 fully saturated rings. The molecule has 1 unspecified atom stereocenters. The third-order valence-corrected chi connectivity index (χ3v) is 4.13. The Bertz CT molecular complexity index is 389. The van der Waals surface area contributed by atoms with E-state index in [1.54, 1.807) is 7.11 Å². The molecule has 2 N–H and O–H groups in total. The molecule has 1 rings (SSSR count). The van der Waals surface area contributed by atoms with E-state index in [9.17, 15) is 5.11 Å². The molecule has 0 saturated heterocycles. The largest absolute Gasteiger partial charge is 0.495 e. The molecule has 3 nitrogen and oxygen atoms in total. The maximum absolute atomic E-state index is 10.2. The zero-order valence-corrected chi connectivity index (χ0v) is 12.6. The first kappa shape index (κ1) is 14.5. The van der Waals surface area contributed by atoms with Crippen molar-refractivity contribution >= 4 is 15.9 Å². The second-order valence-electron chi connectivity index (χ2n) is 4.21. The van der Waals surface area contributed by atoms with Crippen LogP contribution >= 0.6 is 15.9 Å². The Labute approximate surface area is 111 Å². The summed E-state index contributed by atoms with van der Waals surface area (Å²) in [5, 5.41) is 13.2. The highest BCUT2D eigenvalue weighted by Crippen LogP contribution is 2.39. The van der Waals surface area contributed by atoms with Crippen LogP contribution in [0, 0.1) is 20.8 Å². The predicted molar refractivity (Wildman–Crippen MR) is 73.8 cm³/mol. The molecule has 4 heteroatoms. The van der Waals surface area contributed by atoms with E-state index in [0.717, 1.165) is 32.5 Å². The molecular weight excluding hydrogens is 282 g/mol. The van der Waals surface area contributed by atoms with E-state index in [2.05, 4.69) is 21.2 Å². The number of nitrogens with one attached hydrogen (secondary N) is 1. The van der Waals surface area contributed by atoms with Crippen molar-refractivity contribution in [3.05, 3.63) is 26.7 Å². The van der Waals surface area contributed by atoms with Crippen LogP contribution in [0.2, 0.25) is 0 Å². The summed E-state index contributed by atoms with van der Waals surface area (Å²) in [5.74, 6) is 0.848. The van der Waals surface area contributed by atoms with Crippen molar-refractivity contribution in [3.63, 3.8) is 0 Å². The molecule has 96 valence electrons. The van der Waals surface area contributed by atoms with Crippen molar-refractivity contribution in [2.75, 3.05) is 20.7 Å². The number of aliphatic hydroxyl groups is 1. The van der Waals surface area contributed by atoms with Crippen LogP contribution < -0.4 is 10.1 Å². The fourth-order valence-electron chi connectivity index (χ4n) is 2.14. The van der Waals surface area contributed by atoms with Crippen LogP contribution in [0.25, 0.3) is 0 Å². The minimum atomic E-state index is -0.499. The molecule has 0 aliphatic heterocycles. The predicted octanol–water partition coefficient (Wildman–Crippen LogP) is 2.64. The van der Waals surface area contributed by atoms with Gasteiger partial charge in [-0.15, -0.1) is 0 Å². The molecule has 0 spiro atoms. The zero-order valence-electron chi connectivity index (χ0n) is 11.0. The minimum absolute atomic E-state index is 0.499. The second-order valence-corrected chi connectivity index (χ2v) is 5.00. The maximum Gasteiger partial charge on any atom is 0.136 e. The third kappa shape index (κ3) is 2.64. The molecule has 0 radical (unpaired) electrons. The Hall–Kier alpha value is -0.580. The number of hydrogen-bond donors (Lipinski definition) is 2. The van der Waals surface area contributed by atoms with Gasteiger partial charge in [-0.05, 0) is 66.0 Å². The highest BCUT2D eigenvalue weighted by molar-refractivity contribution is 9.10. The van der Waals surface area contributed by atoms with E-state index in [0.29, 0.717) is 6.54 Å². The molecule has 0 heterocycles. The van der Waals surface area contributed by atoms with Crippen LogP contribution in [-0.2, 0) is 0 Å². The minimum Gasteiger partial charge on any atom is -0.495 e. The van der Waals surface area contributed by atoms with Crippen LogP contribution in [0.1, 0.15) is 28.4 Å². The van der Waals surface area contributed by atoms with Gasteiger partial charge in [0.2, 0.25) is 0 Å². The van der Waals surface area contributed by atoms with E-state index < -0.39 is 6.10 Å². The lowest BCUT2D eigenvalue weighted by atomic mass is 9.93. The standard InChI is InChI=1S/C13H20BrNO2/c1-7-8(2)13(17-5)12(14)9(3)11(7)10(16)6-15-4/h10,15-16H,6H2,1-5H3. The average Bonchev–Trinajstić information content (AvgIpc) is 2.28. The average molecular weight is 302 g/mol. The quantitative estimate of drug-likeness (QED) is 0.898. The molecule has 0 saturated carbocycles. The van der Waals surface area contributed by atoms with Gasteiger partial charge in [0.05, 0.1) is 17.7 Å². The van der Waals surface area contributed by atoms with Gasteiger partial charge < -0.3 is 15.2 Å². The molecule has 1 aromatic rings. The number of rotatable bonds is 4. The Morgan fingerprint density at radius 2 is 1.82 bits per heavy atom. The lowest BCUT2D eigenvalue weighted by molar-refractivity contribution is 0.176. The van der Waals surface area contributed by atoms with Gasteiger partial charge in [0.1, 0.15) is 5.75 Å². The monoisotopic (exact) mass is 301 g/mol. The van der Waals surface area contributed by atoms with Crippen LogP contribution in [0.3, 0.4) is 0 Å². The van der Waals surface area contributed by atoms with Gasteiger partial charge in [0.25, 0.3) is 0 Å². The number of hydrogen-bond acceptors (Lipinski definition) is 3. The summed E-state index contributed by atoms with van der Waals surface area (Å²) >= 11 is 3.54. The molecule has 0 aliphatic rings. The van der Waals surface area contributed by atoms with Gasteiger partial charge in [-0.3, -0.25) is 0 Å². The van der Waals surface area contributed by atoms with Gasteiger partial charge in [0.15, 0.2) is 0 Å². The molecule has 1 atom stereocenters. The number of aliphatic hydroxyl groups excluding tert-OH is 1. The van der Waals surface area contributed by atoms with Crippen molar-refractivity contribution in [1.82, 2.24) is 5.32 Å². The number of likely N-dealkylation sites (N-methyl/N-ethyl adjacent to an activating group) is 1. The molecule has 0 amide bonds. The van der Waals surface area contributed by atoms with Gasteiger partial charge in [-0.1, -0.05) is 0 Å². The highest BCUT2D eigenvalue weighted by atomic mass is 79.9. The normalized spacial score (nSPS) is 12.6. The summed E-state index contributed by atoms with van der Waals surface area (Å²) in [6.45, 7) is 6.56. The first-order chi connectivity index (χ1) is 7.95. The van der Waals surface area contributed by atoms with Crippen molar-refractivity contribution < 1.29 is 9.84 Å². The second kappa shape index (κ2) is 5.85.